The summed E-state index contributed by atoms with van der Waals surface area (Å²) in [6, 6.07) is 5.95. The van der Waals surface area contributed by atoms with Crippen LogP contribution in [0.25, 0.3) is 11.1 Å². The first kappa shape index (κ1) is 10.6. The fraction of sp³-hybridized carbons (Fsp3) is 0.375. The molecule has 0 bridgehead atoms. The molecule has 1 aromatic rings. The minimum Gasteiger partial charge on any atom is -0.507 e. The Balaban J connectivity index is 1.96. The van der Waals surface area contributed by atoms with Crippen molar-refractivity contribution in [2.75, 3.05) is 0 Å². The highest BCUT2D eigenvalue weighted by Gasteiger charge is 2.30. The molecule has 1 heteroatoms. The Morgan fingerprint density at radius 2 is 1.35 bits per heavy atom. The average molecular weight is 226 g/mol. The third kappa shape index (κ3) is 1.90. The first-order valence-electron chi connectivity index (χ1n) is 6.39. The number of allylic oxidation sites excluding steroid dienone is 2. The second kappa shape index (κ2) is 3.76. The Morgan fingerprint density at radius 3 is 1.71 bits per heavy atom. The molecule has 1 aromatic carbocycles. The molecule has 0 radical (unpaired) electrons. The third-order valence-corrected chi connectivity index (χ3v) is 3.87. The van der Waals surface area contributed by atoms with Crippen molar-refractivity contribution < 1.29 is 5.11 Å². The number of hydrogen-bond donors (Lipinski definition) is 1. The predicted octanol–water partition coefficient (Wildman–Crippen LogP) is 4.24. The van der Waals surface area contributed by atoms with Crippen LogP contribution in [0.1, 0.15) is 36.8 Å². The fourth-order valence-corrected chi connectivity index (χ4v) is 2.37. The number of aromatic hydroxyl groups is 1. The van der Waals surface area contributed by atoms with Crippen molar-refractivity contribution in [2.24, 2.45) is 11.8 Å². The van der Waals surface area contributed by atoms with Gasteiger partial charge in [-0.05, 0) is 48.7 Å². The summed E-state index contributed by atoms with van der Waals surface area (Å²) in [5, 5.41) is 10.4. The molecule has 2 aliphatic carbocycles. The molecule has 0 aromatic heterocycles. The smallest absolute Gasteiger partial charge is 0.130 e. The van der Waals surface area contributed by atoms with E-state index in [0.29, 0.717) is 17.6 Å². The van der Waals surface area contributed by atoms with Crippen LogP contribution < -0.4 is 0 Å². The van der Waals surface area contributed by atoms with Crippen LogP contribution in [0.5, 0.6) is 5.75 Å². The Kier molecular flexibility index (Phi) is 2.36. The number of rotatable bonds is 4. The lowest BCUT2D eigenvalue weighted by molar-refractivity contribution is 0.471. The lowest BCUT2D eigenvalue weighted by atomic mass is 9.95. The van der Waals surface area contributed by atoms with Gasteiger partial charge in [-0.15, -0.1) is 0 Å². The van der Waals surface area contributed by atoms with Gasteiger partial charge in [0.05, 0.1) is 0 Å². The van der Waals surface area contributed by atoms with Gasteiger partial charge in [0, 0.05) is 11.1 Å². The Bertz CT molecular complexity index is 448. The average Bonchev–Trinajstić information content (AvgIpc) is 3.20. The van der Waals surface area contributed by atoms with E-state index in [0.717, 1.165) is 22.3 Å². The van der Waals surface area contributed by atoms with Gasteiger partial charge in [-0.2, -0.15) is 0 Å². The van der Waals surface area contributed by atoms with E-state index >= 15 is 0 Å². The zero-order valence-electron chi connectivity index (χ0n) is 10.1. The van der Waals surface area contributed by atoms with Crippen molar-refractivity contribution in [3.8, 4) is 5.75 Å². The van der Waals surface area contributed by atoms with Crippen LogP contribution in [0.15, 0.2) is 31.4 Å². The highest BCUT2D eigenvalue weighted by atomic mass is 16.3. The molecule has 88 valence electrons. The first-order chi connectivity index (χ1) is 8.18. The number of phenolic OH excluding ortho intramolecular Hbond substituents is 1. The van der Waals surface area contributed by atoms with E-state index < -0.39 is 0 Å². The van der Waals surface area contributed by atoms with Crippen LogP contribution in [-0.2, 0) is 0 Å². The van der Waals surface area contributed by atoms with Gasteiger partial charge in [-0.25, -0.2) is 0 Å². The highest BCUT2D eigenvalue weighted by Crippen LogP contribution is 2.47. The number of benzene rings is 1. The monoisotopic (exact) mass is 226 g/mol. The highest BCUT2D eigenvalue weighted by molar-refractivity contribution is 5.80. The molecule has 0 spiro atoms. The van der Waals surface area contributed by atoms with Crippen molar-refractivity contribution in [3.05, 3.63) is 42.5 Å². The molecule has 0 atom stereocenters. The number of para-hydroxylation sites is 1. The number of hydrogen-bond acceptors (Lipinski definition) is 1. The maximum absolute atomic E-state index is 10.4. The van der Waals surface area contributed by atoms with Crippen LogP contribution in [0.3, 0.4) is 0 Å². The van der Waals surface area contributed by atoms with E-state index in [1.54, 1.807) is 0 Å². The van der Waals surface area contributed by atoms with Gasteiger partial charge in [-0.1, -0.05) is 31.4 Å². The van der Waals surface area contributed by atoms with Crippen molar-refractivity contribution in [1.29, 1.82) is 0 Å². The molecular weight excluding hydrogens is 208 g/mol. The van der Waals surface area contributed by atoms with E-state index in [4.69, 9.17) is 0 Å². The van der Waals surface area contributed by atoms with Gasteiger partial charge in [-0.3, -0.25) is 0 Å². The molecule has 2 fully saturated rings. The molecule has 1 nitrogen and oxygen atoms in total. The van der Waals surface area contributed by atoms with Gasteiger partial charge < -0.3 is 5.11 Å². The lowest BCUT2D eigenvalue weighted by Crippen LogP contribution is -1.92. The molecule has 2 aliphatic rings. The minimum absolute atomic E-state index is 0.390. The molecule has 3 rings (SSSR count). The summed E-state index contributed by atoms with van der Waals surface area (Å²) in [6.07, 6.45) is 4.86. The topological polar surface area (TPSA) is 20.2 Å². The van der Waals surface area contributed by atoms with Crippen molar-refractivity contribution in [1.82, 2.24) is 0 Å². The molecule has 0 unspecified atom stereocenters. The van der Waals surface area contributed by atoms with E-state index in [9.17, 15) is 5.11 Å². The van der Waals surface area contributed by atoms with Crippen molar-refractivity contribution in [2.45, 2.75) is 25.7 Å². The van der Waals surface area contributed by atoms with E-state index in [-0.39, 0.29) is 0 Å². The van der Waals surface area contributed by atoms with E-state index in [1.807, 2.05) is 18.2 Å². The summed E-state index contributed by atoms with van der Waals surface area (Å²) >= 11 is 0. The molecule has 0 amide bonds. The molecule has 0 saturated heterocycles. The first-order valence-corrected chi connectivity index (χ1v) is 6.39. The molecule has 0 heterocycles. The Hall–Kier alpha value is -1.50. The van der Waals surface area contributed by atoms with Gasteiger partial charge in [0.1, 0.15) is 5.75 Å². The summed E-state index contributed by atoms with van der Waals surface area (Å²) < 4.78 is 0. The molecule has 0 aliphatic heterocycles. The van der Waals surface area contributed by atoms with Crippen LogP contribution in [0.4, 0.5) is 0 Å². The quantitative estimate of drug-likeness (QED) is 0.814. The zero-order chi connectivity index (χ0) is 12.0. The van der Waals surface area contributed by atoms with Crippen molar-refractivity contribution in [3.63, 3.8) is 0 Å². The van der Waals surface area contributed by atoms with Crippen LogP contribution in [-0.4, -0.2) is 5.11 Å². The normalized spacial score (nSPS) is 19.1. The van der Waals surface area contributed by atoms with Crippen LogP contribution in [0.2, 0.25) is 0 Å². The maximum Gasteiger partial charge on any atom is 0.130 e. The van der Waals surface area contributed by atoms with Gasteiger partial charge >= 0.3 is 0 Å². The fourth-order valence-electron chi connectivity index (χ4n) is 2.37. The summed E-state index contributed by atoms with van der Waals surface area (Å²) in [6.45, 7) is 8.24. The Labute approximate surface area is 102 Å². The van der Waals surface area contributed by atoms with Crippen molar-refractivity contribution >= 4 is 11.1 Å². The summed E-state index contributed by atoms with van der Waals surface area (Å²) in [4.78, 5) is 0. The van der Waals surface area contributed by atoms with Crippen LogP contribution >= 0.6 is 0 Å². The lowest BCUT2D eigenvalue weighted by Gasteiger charge is -2.12. The second-order valence-corrected chi connectivity index (χ2v) is 5.30. The molecule has 2 saturated carbocycles. The molecule has 17 heavy (non-hydrogen) atoms. The van der Waals surface area contributed by atoms with Crippen LogP contribution in [0, 0.1) is 11.8 Å². The van der Waals surface area contributed by atoms with E-state index in [1.165, 1.54) is 25.7 Å². The number of phenols is 1. The standard InChI is InChI=1S/C16H18O/c1-10(12-6-7-12)14-4-3-5-15(16(14)17)11(2)13-8-9-13/h3-5,12-13,17H,1-2,6-9H2. The van der Waals surface area contributed by atoms with Gasteiger partial charge in [0.2, 0.25) is 0 Å². The minimum atomic E-state index is 0.390. The summed E-state index contributed by atoms with van der Waals surface area (Å²) in [5.74, 6) is 1.57. The third-order valence-electron chi connectivity index (χ3n) is 3.87. The molecular formula is C16H18O. The van der Waals surface area contributed by atoms with Gasteiger partial charge in [0.25, 0.3) is 0 Å². The Morgan fingerprint density at radius 1 is 0.941 bits per heavy atom. The van der Waals surface area contributed by atoms with E-state index in [2.05, 4.69) is 13.2 Å². The maximum atomic E-state index is 10.4. The zero-order valence-corrected chi connectivity index (χ0v) is 10.1. The van der Waals surface area contributed by atoms with Gasteiger partial charge in [0.15, 0.2) is 0 Å². The second-order valence-electron chi connectivity index (χ2n) is 5.30. The summed E-state index contributed by atoms with van der Waals surface area (Å²) in [5.41, 5.74) is 4.03. The SMILES string of the molecule is C=C(c1cccc(C(=C)C2CC2)c1O)C1CC1. The summed E-state index contributed by atoms with van der Waals surface area (Å²) in [7, 11) is 0. The predicted molar refractivity (Wildman–Crippen MR) is 71.6 cm³/mol. The largest absolute Gasteiger partial charge is 0.507 e. The molecule has 1 N–H and O–H groups in total.